The Hall–Kier alpha value is -1.82. The minimum absolute atomic E-state index is 0.0557. The second-order valence-corrected chi connectivity index (χ2v) is 5.62. The van der Waals surface area contributed by atoms with Crippen LogP contribution in [0.3, 0.4) is 0 Å². The summed E-state index contributed by atoms with van der Waals surface area (Å²) >= 11 is 0. The lowest BCUT2D eigenvalue weighted by atomic mass is 10.1. The van der Waals surface area contributed by atoms with Crippen LogP contribution in [0.15, 0.2) is 41.6 Å². The topological polar surface area (TPSA) is 74.8 Å². The molecule has 0 fully saturated rings. The number of aromatic nitrogens is 2. The summed E-state index contributed by atoms with van der Waals surface area (Å²) in [6.07, 6.45) is 3.46. The van der Waals surface area contributed by atoms with Crippen molar-refractivity contribution in [2.75, 3.05) is 4.72 Å². The van der Waals surface area contributed by atoms with Crippen LogP contribution in [0.2, 0.25) is 0 Å². The highest BCUT2D eigenvalue weighted by Crippen LogP contribution is 2.15. The number of nitrogens with zero attached hydrogens (tertiary/aromatic N) is 1. The minimum Gasteiger partial charge on any atom is -0.278 e. The predicted molar refractivity (Wildman–Crippen MR) is 69.8 cm³/mol. The molecule has 0 radical (unpaired) electrons. The number of aryl methyl sites for hydroxylation is 1. The molecule has 1 heterocycles. The zero-order valence-electron chi connectivity index (χ0n) is 10.1. The first-order valence-electron chi connectivity index (χ1n) is 5.73. The third-order valence-corrected chi connectivity index (χ3v) is 3.82. The van der Waals surface area contributed by atoms with Gasteiger partial charge in [-0.15, -0.1) is 0 Å². The van der Waals surface area contributed by atoms with Gasteiger partial charge >= 0.3 is 0 Å². The fourth-order valence-electron chi connectivity index (χ4n) is 1.63. The van der Waals surface area contributed by atoms with E-state index >= 15 is 0 Å². The Labute approximate surface area is 106 Å². The van der Waals surface area contributed by atoms with Crippen molar-refractivity contribution in [2.24, 2.45) is 0 Å². The molecule has 1 aromatic carbocycles. The lowest BCUT2D eigenvalue weighted by molar-refractivity contribution is 0.597. The van der Waals surface area contributed by atoms with Gasteiger partial charge in [0.1, 0.15) is 0 Å². The maximum atomic E-state index is 11.9. The summed E-state index contributed by atoms with van der Waals surface area (Å²) in [4.78, 5) is 0. The van der Waals surface area contributed by atoms with E-state index in [-0.39, 0.29) is 5.03 Å². The Bertz CT molecular complexity index is 589. The first kappa shape index (κ1) is 12.6. The van der Waals surface area contributed by atoms with Crippen LogP contribution in [0, 0.1) is 0 Å². The molecule has 5 nitrogen and oxygen atoms in total. The van der Waals surface area contributed by atoms with E-state index in [1.165, 1.54) is 17.8 Å². The molecule has 96 valence electrons. The molecule has 0 saturated carbocycles. The second kappa shape index (κ2) is 5.22. The van der Waals surface area contributed by atoms with Crippen LogP contribution in [-0.2, 0) is 16.4 Å². The van der Waals surface area contributed by atoms with Gasteiger partial charge in [0.05, 0.1) is 6.20 Å². The van der Waals surface area contributed by atoms with Gasteiger partial charge in [-0.25, -0.2) is 0 Å². The molecule has 0 unspecified atom stereocenters. The third kappa shape index (κ3) is 2.89. The minimum atomic E-state index is -3.56. The summed E-state index contributed by atoms with van der Waals surface area (Å²) < 4.78 is 26.3. The number of H-pyrrole nitrogens is 1. The standard InChI is InChI=1S/C12H15N3O2S/c1-2-3-10-4-6-11(7-5-10)15-18(16,17)12-8-9-13-14-12/h4-9,15H,2-3H2,1H3,(H,13,14). The van der Waals surface area contributed by atoms with E-state index < -0.39 is 10.0 Å². The lowest BCUT2D eigenvalue weighted by Gasteiger charge is -2.06. The highest BCUT2D eigenvalue weighted by atomic mass is 32.2. The summed E-state index contributed by atoms with van der Waals surface area (Å²) in [5, 5.41) is 6.11. The highest BCUT2D eigenvalue weighted by molar-refractivity contribution is 7.92. The number of anilines is 1. The first-order chi connectivity index (χ1) is 8.62. The summed E-state index contributed by atoms with van der Waals surface area (Å²) in [5.74, 6) is 0. The number of sulfonamides is 1. The van der Waals surface area contributed by atoms with Crippen molar-refractivity contribution in [1.82, 2.24) is 10.2 Å². The van der Waals surface area contributed by atoms with E-state index in [1.54, 1.807) is 12.1 Å². The molecule has 6 heteroatoms. The van der Waals surface area contributed by atoms with Crippen molar-refractivity contribution in [3.05, 3.63) is 42.1 Å². The Morgan fingerprint density at radius 1 is 1.22 bits per heavy atom. The fraction of sp³-hybridized carbons (Fsp3) is 0.250. The number of benzene rings is 1. The van der Waals surface area contributed by atoms with Crippen molar-refractivity contribution >= 4 is 15.7 Å². The molecule has 2 rings (SSSR count). The van der Waals surface area contributed by atoms with Crippen LogP contribution in [0.5, 0.6) is 0 Å². The van der Waals surface area contributed by atoms with Gasteiger partial charge in [0.25, 0.3) is 10.0 Å². The third-order valence-electron chi connectivity index (χ3n) is 2.51. The monoisotopic (exact) mass is 265 g/mol. The average molecular weight is 265 g/mol. The fourth-order valence-corrected chi connectivity index (χ4v) is 2.60. The smallest absolute Gasteiger partial charge is 0.278 e. The van der Waals surface area contributed by atoms with E-state index in [0.29, 0.717) is 5.69 Å². The molecule has 2 N–H and O–H groups in total. The van der Waals surface area contributed by atoms with E-state index in [4.69, 9.17) is 0 Å². The Morgan fingerprint density at radius 3 is 2.50 bits per heavy atom. The van der Waals surface area contributed by atoms with E-state index in [1.807, 2.05) is 12.1 Å². The van der Waals surface area contributed by atoms with Crippen LogP contribution >= 0.6 is 0 Å². The molecule has 0 aliphatic carbocycles. The molecule has 18 heavy (non-hydrogen) atoms. The maximum absolute atomic E-state index is 11.9. The van der Waals surface area contributed by atoms with Crippen LogP contribution < -0.4 is 4.72 Å². The van der Waals surface area contributed by atoms with E-state index in [0.717, 1.165) is 12.8 Å². The normalized spacial score (nSPS) is 11.4. The van der Waals surface area contributed by atoms with Gasteiger partial charge in [-0.2, -0.15) is 13.5 Å². The summed E-state index contributed by atoms with van der Waals surface area (Å²) in [6.45, 7) is 2.11. The predicted octanol–water partition coefficient (Wildman–Crippen LogP) is 2.16. The van der Waals surface area contributed by atoms with Crippen molar-refractivity contribution in [3.8, 4) is 0 Å². The molecule has 0 spiro atoms. The van der Waals surface area contributed by atoms with Crippen molar-refractivity contribution < 1.29 is 8.42 Å². The van der Waals surface area contributed by atoms with Gasteiger partial charge in [-0.1, -0.05) is 25.5 Å². The van der Waals surface area contributed by atoms with Gasteiger partial charge < -0.3 is 0 Å². The molecule has 0 aliphatic heterocycles. The van der Waals surface area contributed by atoms with Crippen LogP contribution in [0.4, 0.5) is 5.69 Å². The van der Waals surface area contributed by atoms with Crippen molar-refractivity contribution in [2.45, 2.75) is 24.8 Å². The van der Waals surface area contributed by atoms with E-state index in [2.05, 4.69) is 21.8 Å². The molecular weight excluding hydrogens is 250 g/mol. The lowest BCUT2D eigenvalue weighted by Crippen LogP contribution is -2.13. The number of hydrogen-bond donors (Lipinski definition) is 2. The molecular formula is C12H15N3O2S. The van der Waals surface area contributed by atoms with Gasteiger partial charge in [0.15, 0.2) is 5.03 Å². The molecule has 0 saturated heterocycles. The maximum Gasteiger partial charge on any atom is 0.278 e. The Balaban J connectivity index is 2.14. The summed E-state index contributed by atoms with van der Waals surface area (Å²) in [6, 6.07) is 8.79. The number of hydrogen-bond acceptors (Lipinski definition) is 3. The van der Waals surface area contributed by atoms with Crippen LogP contribution in [-0.4, -0.2) is 18.6 Å². The molecule has 0 amide bonds. The Morgan fingerprint density at radius 2 is 1.94 bits per heavy atom. The van der Waals surface area contributed by atoms with Gasteiger partial charge in [0.2, 0.25) is 0 Å². The number of aromatic amines is 1. The largest absolute Gasteiger partial charge is 0.278 e. The number of nitrogens with one attached hydrogen (secondary N) is 2. The highest BCUT2D eigenvalue weighted by Gasteiger charge is 2.14. The molecule has 0 aliphatic rings. The van der Waals surface area contributed by atoms with Gasteiger partial charge in [-0.3, -0.25) is 9.82 Å². The van der Waals surface area contributed by atoms with Crippen molar-refractivity contribution in [1.29, 1.82) is 0 Å². The Kier molecular flexibility index (Phi) is 3.66. The summed E-state index contributed by atoms with van der Waals surface area (Å²) in [5.41, 5.74) is 1.74. The van der Waals surface area contributed by atoms with Crippen LogP contribution in [0.25, 0.3) is 0 Å². The first-order valence-corrected chi connectivity index (χ1v) is 7.21. The molecule has 1 aromatic heterocycles. The molecule has 0 atom stereocenters. The quantitative estimate of drug-likeness (QED) is 0.870. The molecule has 2 aromatic rings. The van der Waals surface area contributed by atoms with Gasteiger partial charge in [0, 0.05) is 5.69 Å². The SMILES string of the molecule is CCCc1ccc(NS(=O)(=O)c2ccn[nH]2)cc1. The summed E-state index contributed by atoms with van der Waals surface area (Å²) in [7, 11) is -3.56. The van der Waals surface area contributed by atoms with Gasteiger partial charge in [-0.05, 0) is 30.2 Å². The number of rotatable bonds is 5. The van der Waals surface area contributed by atoms with Crippen molar-refractivity contribution in [3.63, 3.8) is 0 Å². The zero-order valence-corrected chi connectivity index (χ0v) is 10.9. The van der Waals surface area contributed by atoms with E-state index in [9.17, 15) is 8.42 Å². The van der Waals surface area contributed by atoms with Crippen LogP contribution in [0.1, 0.15) is 18.9 Å². The molecule has 0 bridgehead atoms. The average Bonchev–Trinajstić information content (AvgIpc) is 2.86. The zero-order chi connectivity index (χ0) is 13.0. The second-order valence-electron chi connectivity index (χ2n) is 3.97.